The summed E-state index contributed by atoms with van der Waals surface area (Å²) >= 11 is 0. The minimum Gasteiger partial charge on any atom is -0.378 e. The molecule has 0 aromatic carbocycles. The maximum Gasteiger partial charge on any atom is 0.0631 e. The van der Waals surface area contributed by atoms with Gasteiger partial charge in [-0.3, -0.25) is 4.98 Å². The van der Waals surface area contributed by atoms with E-state index in [0.717, 1.165) is 24.4 Å². The van der Waals surface area contributed by atoms with Crippen LogP contribution in [0.15, 0.2) is 30.6 Å². The lowest BCUT2D eigenvalue weighted by Gasteiger charge is -2.59. The van der Waals surface area contributed by atoms with Crippen molar-refractivity contribution in [3.05, 3.63) is 36.2 Å². The second-order valence-corrected chi connectivity index (χ2v) is 9.47. The zero-order chi connectivity index (χ0) is 17.1. The predicted molar refractivity (Wildman–Crippen MR) is 101 cm³/mol. The van der Waals surface area contributed by atoms with Gasteiger partial charge in [-0.25, -0.2) is 0 Å². The Morgan fingerprint density at radius 3 is 2.88 bits per heavy atom. The number of rotatable bonds is 1. The molecule has 0 amide bonds. The highest BCUT2D eigenvalue weighted by atomic mass is 16.5. The molecule has 0 bridgehead atoms. The van der Waals surface area contributed by atoms with E-state index in [1.807, 2.05) is 6.20 Å². The Morgan fingerprint density at radius 2 is 2.04 bits per heavy atom. The Kier molecular flexibility index (Phi) is 3.64. The van der Waals surface area contributed by atoms with E-state index >= 15 is 0 Å². The standard InChI is InChI=1S/C23H31NO/c1-22-12-10-20-17(6-9-21-23(20,2)11-4-14-25-21)19(22)8-7-18(22)16-5-3-13-24-15-16/h3,5,7,13,15,17,19-21H,4,6,8-12,14H2,1-2H3/t17-,19-,20-,21?,22+,23+/m0/s1. The molecule has 3 aliphatic carbocycles. The Balaban J connectivity index is 1.46. The van der Waals surface area contributed by atoms with Crippen LogP contribution in [0.4, 0.5) is 0 Å². The molecule has 3 fully saturated rings. The minimum absolute atomic E-state index is 0.350. The maximum atomic E-state index is 6.24. The molecule has 0 N–H and O–H groups in total. The van der Waals surface area contributed by atoms with Crippen LogP contribution in [-0.2, 0) is 4.74 Å². The second-order valence-electron chi connectivity index (χ2n) is 9.47. The summed E-state index contributed by atoms with van der Waals surface area (Å²) in [5.41, 5.74) is 3.71. The van der Waals surface area contributed by atoms with E-state index < -0.39 is 0 Å². The van der Waals surface area contributed by atoms with E-state index in [-0.39, 0.29) is 0 Å². The first-order valence-electron chi connectivity index (χ1n) is 10.4. The van der Waals surface area contributed by atoms with Crippen molar-refractivity contribution in [2.45, 2.75) is 64.9 Å². The van der Waals surface area contributed by atoms with E-state index in [0.29, 0.717) is 16.9 Å². The van der Waals surface area contributed by atoms with E-state index in [9.17, 15) is 0 Å². The van der Waals surface area contributed by atoms with Gasteiger partial charge in [-0.15, -0.1) is 0 Å². The molecule has 1 aliphatic heterocycles. The fourth-order valence-electron chi connectivity index (χ4n) is 7.26. The number of allylic oxidation sites excluding steroid dienone is 2. The van der Waals surface area contributed by atoms with Crippen LogP contribution in [0, 0.1) is 28.6 Å². The van der Waals surface area contributed by atoms with Crippen molar-refractivity contribution in [3.63, 3.8) is 0 Å². The molecule has 1 aromatic heterocycles. The number of fused-ring (bicyclic) bond motifs is 5. The summed E-state index contributed by atoms with van der Waals surface area (Å²) in [6.45, 7) is 6.09. The highest BCUT2D eigenvalue weighted by molar-refractivity contribution is 5.72. The Morgan fingerprint density at radius 1 is 1.12 bits per heavy atom. The first-order chi connectivity index (χ1) is 12.1. The van der Waals surface area contributed by atoms with E-state index in [4.69, 9.17) is 4.74 Å². The van der Waals surface area contributed by atoms with Crippen LogP contribution >= 0.6 is 0 Å². The average molecular weight is 338 g/mol. The lowest BCUT2D eigenvalue weighted by atomic mass is 9.47. The molecule has 2 heterocycles. The minimum atomic E-state index is 0.350. The summed E-state index contributed by atoms with van der Waals surface area (Å²) in [6.07, 6.45) is 16.3. The van der Waals surface area contributed by atoms with E-state index in [1.165, 1.54) is 50.5 Å². The lowest BCUT2D eigenvalue weighted by molar-refractivity contribution is -0.168. The van der Waals surface area contributed by atoms with Crippen molar-refractivity contribution >= 4 is 5.57 Å². The SMILES string of the molecule is C[C@]12CCCOC1CC[C@@H]1[C@@H]2CC[C@]2(C)C(c3cccnc3)=CC[C@@H]12. The molecule has 1 saturated heterocycles. The number of nitrogens with zero attached hydrogens (tertiary/aromatic N) is 1. The third-order valence-corrected chi connectivity index (χ3v) is 8.51. The quantitative estimate of drug-likeness (QED) is 0.675. The van der Waals surface area contributed by atoms with Crippen molar-refractivity contribution in [2.24, 2.45) is 28.6 Å². The molecular weight excluding hydrogens is 306 g/mol. The van der Waals surface area contributed by atoms with Gasteiger partial charge in [0.1, 0.15) is 0 Å². The number of aromatic nitrogens is 1. The molecule has 2 nitrogen and oxygen atoms in total. The van der Waals surface area contributed by atoms with Crippen LogP contribution in [0.25, 0.3) is 5.57 Å². The Labute approximate surface area is 152 Å². The molecular formula is C23H31NO. The van der Waals surface area contributed by atoms with Crippen molar-refractivity contribution < 1.29 is 4.74 Å². The topological polar surface area (TPSA) is 22.1 Å². The average Bonchev–Trinajstić information content (AvgIpc) is 2.99. The zero-order valence-electron chi connectivity index (χ0n) is 15.7. The molecule has 0 radical (unpaired) electrons. The molecule has 4 aliphatic rings. The van der Waals surface area contributed by atoms with Gasteiger partial charge in [0.05, 0.1) is 6.10 Å². The van der Waals surface area contributed by atoms with Crippen molar-refractivity contribution in [1.82, 2.24) is 4.98 Å². The summed E-state index contributed by atoms with van der Waals surface area (Å²) < 4.78 is 6.24. The highest BCUT2D eigenvalue weighted by Gasteiger charge is 2.58. The smallest absolute Gasteiger partial charge is 0.0631 e. The van der Waals surface area contributed by atoms with Crippen molar-refractivity contribution in [1.29, 1.82) is 0 Å². The van der Waals surface area contributed by atoms with Crippen LogP contribution in [0.5, 0.6) is 0 Å². The first kappa shape index (κ1) is 16.1. The highest BCUT2D eigenvalue weighted by Crippen LogP contribution is 2.65. The zero-order valence-corrected chi connectivity index (χ0v) is 15.7. The van der Waals surface area contributed by atoms with Gasteiger partial charge >= 0.3 is 0 Å². The molecule has 1 unspecified atom stereocenters. The van der Waals surface area contributed by atoms with E-state index in [1.54, 1.807) is 5.57 Å². The molecule has 1 aromatic rings. The monoisotopic (exact) mass is 337 g/mol. The first-order valence-corrected chi connectivity index (χ1v) is 10.4. The van der Waals surface area contributed by atoms with Gasteiger partial charge < -0.3 is 4.74 Å². The van der Waals surface area contributed by atoms with Gasteiger partial charge in [-0.1, -0.05) is 26.0 Å². The number of hydrogen-bond acceptors (Lipinski definition) is 2. The van der Waals surface area contributed by atoms with Gasteiger partial charge in [-0.05, 0) is 90.7 Å². The fourth-order valence-corrected chi connectivity index (χ4v) is 7.26. The van der Waals surface area contributed by atoms with Crippen LogP contribution in [0.1, 0.15) is 64.4 Å². The summed E-state index contributed by atoms with van der Waals surface area (Å²) in [5, 5.41) is 0. The van der Waals surface area contributed by atoms with Crippen LogP contribution in [0.3, 0.4) is 0 Å². The number of ether oxygens (including phenoxy) is 1. The number of hydrogen-bond donors (Lipinski definition) is 0. The summed E-state index contributed by atoms with van der Waals surface area (Å²) in [7, 11) is 0. The van der Waals surface area contributed by atoms with Crippen LogP contribution in [-0.4, -0.2) is 17.7 Å². The Hall–Kier alpha value is -1.15. The molecule has 6 atom stereocenters. The van der Waals surface area contributed by atoms with Gasteiger partial charge in [0.25, 0.3) is 0 Å². The molecule has 0 spiro atoms. The van der Waals surface area contributed by atoms with Gasteiger partial charge in [0.15, 0.2) is 0 Å². The molecule has 25 heavy (non-hydrogen) atoms. The van der Waals surface area contributed by atoms with Crippen molar-refractivity contribution in [3.8, 4) is 0 Å². The van der Waals surface area contributed by atoms with E-state index in [2.05, 4.69) is 43.2 Å². The van der Waals surface area contributed by atoms with Crippen LogP contribution < -0.4 is 0 Å². The maximum absolute atomic E-state index is 6.24. The van der Waals surface area contributed by atoms with Crippen LogP contribution in [0.2, 0.25) is 0 Å². The largest absolute Gasteiger partial charge is 0.378 e. The molecule has 2 saturated carbocycles. The Bertz CT molecular complexity index is 683. The molecule has 5 rings (SSSR count). The summed E-state index contributed by atoms with van der Waals surface area (Å²) in [5.74, 6) is 2.57. The summed E-state index contributed by atoms with van der Waals surface area (Å²) in [6, 6.07) is 4.34. The predicted octanol–water partition coefficient (Wildman–Crippen LogP) is 5.50. The second kappa shape index (κ2) is 5.67. The normalized spacial score (nSPS) is 45.9. The van der Waals surface area contributed by atoms with Crippen molar-refractivity contribution in [2.75, 3.05) is 6.61 Å². The number of pyridine rings is 1. The molecule has 2 heteroatoms. The van der Waals surface area contributed by atoms with Gasteiger partial charge in [0, 0.05) is 19.0 Å². The van der Waals surface area contributed by atoms with Gasteiger partial charge in [-0.2, -0.15) is 0 Å². The summed E-state index contributed by atoms with van der Waals surface area (Å²) in [4.78, 5) is 4.39. The fraction of sp³-hybridized carbons (Fsp3) is 0.696. The third-order valence-electron chi connectivity index (χ3n) is 8.51. The molecule has 134 valence electrons. The third kappa shape index (κ3) is 2.22. The van der Waals surface area contributed by atoms with Gasteiger partial charge in [0.2, 0.25) is 0 Å². The lowest BCUT2D eigenvalue weighted by Crippen LogP contribution is -2.55.